The molecule has 0 aliphatic carbocycles. The summed E-state index contributed by atoms with van der Waals surface area (Å²) in [5.74, 6) is 0.733. The van der Waals surface area contributed by atoms with Gasteiger partial charge >= 0.3 is 0 Å². The summed E-state index contributed by atoms with van der Waals surface area (Å²) in [5, 5.41) is 4.74. The van der Waals surface area contributed by atoms with Gasteiger partial charge in [0.2, 0.25) is 0 Å². The number of carbonyl (C=O) groups excluding carboxylic acids is 1. The van der Waals surface area contributed by atoms with Crippen LogP contribution < -0.4 is 5.32 Å². The van der Waals surface area contributed by atoms with E-state index in [1.54, 1.807) is 18.5 Å². The third-order valence-corrected chi connectivity index (χ3v) is 3.53. The molecule has 4 nitrogen and oxygen atoms in total. The molecule has 19 heavy (non-hydrogen) atoms. The minimum atomic E-state index is -0.0826. The lowest BCUT2D eigenvalue weighted by Crippen LogP contribution is -2.09. The van der Waals surface area contributed by atoms with Crippen LogP contribution in [0.5, 0.6) is 0 Å². The van der Waals surface area contributed by atoms with Crippen LogP contribution in [-0.2, 0) is 0 Å². The first-order valence-electron chi connectivity index (χ1n) is 5.77. The van der Waals surface area contributed by atoms with Crippen molar-refractivity contribution in [3.8, 4) is 11.4 Å². The Balaban J connectivity index is 1.75. The molecule has 2 heterocycles. The summed E-state index contributed by atoms with van der Waals surface area (Å²) < 4.78 is 0. The number of benzene rings is 1. The number of nitrogens with zero attached hydrogens (tertiary/aromatic N) is 1. The number of carbonyl (C=O) groups is 1. The first-order valence-corrected chi connectivity index (χ1v) is 6.65. The monoisotopic (exact) mass is 269 g/mol. The second-order valence-corrected chi connectivity index (χ2v) is 4.89. The fraction of sp³-hybridized carbons (Fsp3) is 0. The Morgan fingerprint density at radius 3 is 2.68 bits per heavy atom. The van der Waals surface area contributed by atoms with Gasteiger partial charge in [0, 0.05) is 23.6 Å². The summed E-state index contributed by atoms with van der Waals surface area (Å²) in [5.41, 5.74) is 1.76. The van der Waals surface area contributed by atoms with Crippen LogP contribution in [-0.4, -0.2) is 15.9 Å². The SMILES string of the molecule is O=C(Nc1ccc(-c2ncc[nH]2)cc1)c1cccs1. The highest BCUT2D eigenvalue weighted by molar-refractivity contribution is 7.12. The lowest BCUT2D eigenvalue weighted by molar-refractivity contribution is 0.103. The molecule has 2 aromatic heterocycles. The van der Waals surface area contributed by atoms with Gasteiger partial charge < -0.3 is 10.3 Å². The largest absolute Gasteiger partial charge is 0.345 e. The van der Waals surface area contributed by atoms with Gasteiger partial charge in [-0.05, 0) is 35.7 Å². The standard InChI is InChI=1S/C14H11N3OS/c18-14(12-2-1-9-19-12)17-11-5-3-10(4-6-11)13-15-7-8-16-13/h1-9H,(H,15,16)(H,17,18). The van der Waals surface area contributed by atoms with Crippen molar-refractivity contribution >= 4 is 22.9 Å². The first kappa shape index (κ1) is 11.7. The van der Waals surface area contributed by atoms with Crippen LogP contribution in [0.2, 0.25) is 0 Å². The Labute approximate surface area is 114 Å². The van der Waals surface area contributed by atoms with Crippen molar-refractivity contribution < 1.29 is 4.79 Å². The first-order chi connectivity index (χ1) is 9.33. The number of amides is 1. The van der Waals surface area contributed by atoms with E-state index in [0.717, 1.165) is 17.1 Å². The van der Waals surface area contributed by atoms with E-state index in [-0.39, 0.29) is 5.91 Å². The fourth-order valence-corrected chi connectivity index (χ4v) is 2.35. The molecule has 0 aliphatic rings. The maximum absolute atomic E-state index is 11.9. The Morgan fingerprint density at radius 1 is 1.21 bits per heavy atom. The Morgan fingerprint density at radius 2 is 2.05 bits per heavy atom. The molecule has 94 valence electrons. The Kier molecular flexibility index (Phi) is 3.12. The second-order valence-electron chi connectivity index (χ2n) is 3.95. The van der Waals surface area contributed by atoms with E-state index in [4.69, 9.17) is 0 Å². The van der Waals surface area contributed by atoms with Gasteiger partial charge in [-0.3, -0.25) is 4.79 Å². The van der Waals surface area contributed by atoms with Gasteiger partial charge in [0.15, 0.2) is 0 Å². The maximum atomic E-state index is 11.9. The molecule has 1 aromatic carbocycles. The number of hydrogen-bond donors (Lipinski definition) is 2. The number of anilines is 1. The average Bonchev–Trinajstić information content (AvgIpc) is 3.13. The zero-order chi connectivity index (χ0) is 13.1. The van der Waals surface area contributed by atoms with Crippen LogP contribution in [0.3, 0.4) is 0 Å². The normalized spacial score (nSPS) is 10.3. The summed E-state index contributed by atoms with van der Waals surface area (Å²) in [7, 11) is 0. The summed E-state index contributed by atoms with van der Waals surface area (Å²) in [4.78, 5) is 19.8. The minimum Gasteiger partial charge on any atom is -0.345 e. The number of aromatic nitrogens is 2. The summed E-state index contributed by atoms with van der Waals surface area (Å²) in [6.07, 6.45) is 3.49. The third-order valence-electron chi connectivity index (χ3n) is 2.66. The van der Waals surface area contributed by atoms with Crippen molar-refractivity contribution in [2.45, 2.75) is 0 Å². The molecule has 3 rings (SSSR count). The Bertz CT molecular complexity index is 657. The summed E-state index contributed by atoms with van der Waals surface area (Å²) >= 11 is 1.42. The average molecular weight is 269 g/mol. The highest BCUT2D eigenvalue weighted by atomic mass is 32.1. The molecular formula is C14H11N3OS. The molecular weight excluding hydrogens is 258 g/mol. The van der Waals surface area contributed by atoms with Crippen molar-refractivity contribution in [3.05, 3.63) is 59.0 Å². The van der Waals surface area contributed by atoms with Crippen LogP contribution in [0, 0.1) is 0 Å². The van der Waals surface area contributed by atoms with Crippen molar-refractivity contribution in [2.75, 3.05) is 5.32 Å². The van der Waals surface area contributed by atoms with Crippen LogP contribution >= 0.6 is 11.3 Å². The molecule has 0 atom stereocenters. The predicted molar refractivity (Wildman–Crippen MR) is 76.3 cm³/mol. The van der Waals surface area contributed by atoms with Crippen LogP contribution in [0.15, 0.2) is 54.2 Å². The van der Waals surface area contributed by atoms with E-state index in [1.165, 1.54) is 11.3 Å². The molecule has 0 unspecified atom stereocenters. The van der Waals surface area contributed by atoms with Gasteiger partial charge in [0.1, 0.15) is 5.82 Å². The number of rotatable bonds is 3. The van der Waals surface area contributed by atoms with Gasteiger partial charge in [-0.1, -0.05) is 6.07 Å². The quantitative estimate of drug-likeness (QED) is 0.765. The van der Waals surface area contributed by atoms with Gasteiger partial charge in [0.25, 0.3) is 5.91 Å². The van der Waals surface area contributed by atoms with E-state index in [2.05, 4.69) is 15.3 Å². The van der Waals surface area contributed by atoms with Crippen LogP contribution in [0.1, 0.15) is 9.67 Å². The molecule has 0 aliphatic heterocycles. The van der Waals surface area contributed by atoms with Crippen molar-refractivity contribution in [3.63, 3.8) is 0 Å². The molecule has 2 N–H and O–H groups in total. The zero-order valence-corrected chi connectivity index (χ0v) is 10.8. The van der Waals surface area contributed by atoms with Crippen LogP contribution in [0.25, 0.3) is 11.4 Å². The molecule has 0 fully saturated rings. The Hall–Kier alpha value is -2.40. The number of nitrogens with one attached hydrogen (secondary N) is 2. The number of imidazole rings is 1. The molecule has 0 bridgehead atoms. The molecule has 1 amide bonds. The van der Waals surface area contributed by atoms with E-state index >= 15 is 0 Å². The zero-order valence-electron chi connectivity index (χ0n) is 9.96. The summed E-state index contributed by atoms with van der Waals surface area (Å²) in [6.45, 7) is 0. The van der Waals surface area contributed by atoms with Gasteiger partial charge in [-0.25, -0.2) is 4.98 Å². The van der Waals surface area contributed by atoms with Crippen molar-refractivity contribution in [1.82, 2.24) is 9.97 Å². The van der Waals surface area contributed by atoms with E-state index in [0.29, 0.717) is 4.88 Å². The van der Waals surface area contributed by atoms with Gasteiger partial charge in [-0.15, -0.1) is 11.3 Å². The molecule has 3 aromatic rings. The lowest BCUT2D eigenvalue weighted by atomic mass is 10.2. The third kappa shape index (κ3) is 2.56. The highest BCUT2D eigenvalue weighted by Gasteiger charge is 2.07. The van der Waals surface area contributed by atoms with Gasteiger partial charge in [-0.2, -0.15) is 0 Å². The van der Waals surface area contributed by atoms with Crippen molar-refractivity contribution in [2.24, 2.45) is 0 Å². The molecule has 5 heteroatoms. The van der Waals surface area contributed by atoms with Crippen LogP contribution in [0.4, 0.5) is 5.69 Å². The topological polar surface area (TPSA) is 57.8 Å². The van der Waals surface area contributed by atoms with E-state index < -0.39 is 0 Å². The summed E-state index contributed by atoms with van der Waals surface area (Å²) in [6, 6.07) is 11.2. The van der Waals surface area contributed by atoms with E-state index in [9.17, 15) is 4.79 Å². The number of H-pyrrole nitrogens is 1. The number of aromatic amines is 1. The molecule has 0 saturated heterocycles. The fourth-order valence-electron chi connectivity index (χ4n) is 1.74. The smallest absolute Gasteiger partial charge is 0.265 e. The molecule has 0 spiro atoms. The number of thiophene rings is 1. The van der Waals surface area contributed by atoms with E-state index in [1.807, 2.05) is 35.7 Å². The predicted octanol–water partition coefficient (Wildman–Crippen LogP) is 3.39. The second kappa shape index (κ2) is 5.07. The van der Waals surface area contributed by atoms with Crippen molar-refractivity contribution in [1.29, 1.82) is 0 Å². The minimum absolute atomic E-state index is 0.0826. The number of hydrogen-bond acceptors (Lipinski definition) is 3. The molecule has 0 saturated carbocycles. The maximum Gasteiger partial charge on any atom is 0.265 e. The highest BCUT2D eigenvalue weighted by Crippen LogP contribution is 2.18. The lowest BCUT2D eigenvalue weighted by Gasteiger charge is -2.04. The van der Waals surface area contributed by atoms with Gasteiger partial charge in [0.05, 0.1) is 4.88 Å². The molecule has 0 radical (unpaired) electrons.